The van der Waals surface area contributed by atoms with Crippen molar-refractivity contribution in [3.63, 3.8) is 0 Å². The van der Waals surface area contributed by atoms with Gasteiger partial charge in [-0.25, -0.2) is 9.97 Å². The van der Waals surface area contributed by atoms with Gasteiger partial charge in [-0.3, -0.25) is 10.1 Å². The van der Waals surface area contributed by atoms with Gasteiger partial charge in [-0.1, -0.05) is 12.1 Å². The van der Waals surface area contributed by atoms with Gasteiger partial charge in [0.25, 0.3) is 5.69 Å². The Hall–Kier alpha value is -1.99. The third-order valence-electron chi connectivity index (χ3n) is 3.19. The standard InChI is InChI=1S/C14H11N3O2S2/c1-9-10(3-2-4-12(9)17(18)19)7-21-14-13-11(5-6-20-13)15-8-16-14/h2-6,8H,7H2,1H3. The largest absolute Gasteiger partial charge is 0.272 e. The maximum Gasteiger partial charge on any atom is 0.272 e. The lowest BCUT2D eigenvalue weighted by molar-refractivity contribution is -0.385. The Kier molecular flexibility index (Phi) is 3.85. The van der Waals surface area contributed by atoms with Crippen molar-refractivity contribution in [3.05, 3.63) is 57.2 Å². The van der Waals surface area contributed by atoms with Gasteiger partial charge in [-0.2, -0.15) is 0 Å². The third kappa shape index (κ3) is 2.74. The van der Waals surface area contributed by atoms with Crippen LogP contribution in [0.5, 0.6) is 0 Å². The van der Waals surface area contributed by atoms with Gasteiger partial charge in [-0.05, 0) is 23.9 Å². The zero-order valence-corrected chi connectivity index (χ0v) is 12.8. The second kappa shape index (κ2) is 5.79. The summed E-state index contributed by atoms with van der Waals surface area (Å²) in [4.78, 5) is 19.1. The maximum atomic E-state index is 11.0. The molecule has 2 aromatic heterocycles. The van der Waals surface area contributed by atoms with Crippen molar-refractivity contribution in [2.24, 2.45) is 0 Å². The molecule has 0 radical (unpaired) electrons. The van der Waals surface area contributed by atoms with Crippen LogP contribution in [0, 0.1) is 17.0 Å². The number of fused-ring (bicyclic) bond motifs is 1. The van der Waals surface area contributed by atoms with Crippen LogP contribution in [0.25, 0.3) is 10.2 Å². The lowest BCUT2D eigenvalue weighted by Gasteiger charge is -2.06. The van der Waals surface area contributed by atoms with Crippen molar-refractivity contribution in [2.45, 2.75) is 17.7 Å². The molecule has 0 saturated carbocycles. The summed E-state index contributed by atoms with van der Waals surface area (Å²) in [5, 5.41) is 13.9. The monoisotopic (exact) mass is 317 g/mol. The van der Waals surface area contributed by atoms with E-state index in [0.29, 0.717) is 11.3 Å². The normalized spacial score (nSPS) is 10.9. The molecule has 0 spiro atoms. The highest BCUT2D eigenvalue weighted by atomic mass is 32.2. The number of benzene rings is 1. The minimum absolute atomic E-state index is 0.164. The molecule has 7 heteroatoms. The summed E-state index contributed by atoms with van der Waals surface area (Å²) in [7, 11) is 0. The molecule has 0 unspecified atom stereocenters. The smallest absolute Gasteiger partial charge is 0.258 e. The Morgan fingerprint density at radius 3 is 3.00 bits per heavy atom. The molecule has 0 aliphatic rings. The van der Waals surface area contributed by atoms with Gasteiger partial charge in [0.1, 0.15) is 11.4 Å². The van der Waals surface area contributed by atoms with Gasteiger partial charge in [0.05, 0.1) is 15.1 Å². The Labute approximate surface area is 129 Å². The van der Waals surface area contributed by atoms with E-state index >= 15 is 0 Å². The Balaban J connectivity index is 1.87. The molecule has 3 rings (SSSR count). The van der Waals surface area contributed by atoms with Crippen molar-refractivity contribution in [1.82, 2.24) is 9.97 Å². The highest BCUT2D eigenvalue weighted by molar-refractivity contribution is 7.98. The second-order valence-electron chi connectivity index (χ2n) is 4.42. The van der Waals surface area contributed by atoms with E-state index in [-0.39, 0.29) is 10.6 Å². The van der Waals surface area contributed by atoms with E-state index in [1.165, 1.54) is 6.07 Å². The van der Waals surface area contributed by atoms with E-state index in [1.54, 1.807) is 42.4 Å². The molecule has 0 amide bonds. The molecule has 0 bridgehead atoms. The number of rotatable bonds is 4. The van der Waals surface area contributed by atoms with E-state index in [0.717, 1.165) is 20.8 Å². The van der Waals surface area contributed by atoms with Gasteiger partial charge >= 0.3 is 0 Å². The summed E-state index contributed by atoms with van der Waals surface area (Å²) in [5.41, 5.74) is 2.77. The van der Waals surface area contributed by atoms with Gasteiger partial charge in [0, 0.05) is 17.4 Å². The van der Waals surface area contributed by atoms with E-state index in [4.69, 9.17) is 0 Å². The van der Waals surface area contributed by atoms with Crippen LogP contribution in [-0.2, 0) is 5.75 Å². The lowest BCUT2D eigenvalue weighted by Crippen LogP contribution is -1.95. The molecule has 0 fully saturated rings. The van der Waals surface area contributed by atoms with Crippen LogP contribution >= 0.6 is 23.1 Å². The summed E-state index contributed by atoms with van der Waals surface area (Å²) >= 11 is 3.19. The summed E-state index contributed by atoms with van der Waals surface area (Å²) in [6.07, 6.45) is 1.55. The van der Waals surface area contributed by atoms with E-state index in [1.807, 2.05) is 17.5 Å². The second-order valence-corrected chi connectivity index (χ2v) is 6.30. The average Bonchev–Trinajstić information content (AvgIpc) is 2.95. The molecule has 0 atom stereocenters. The van der Waals surface area contributed by atoms with Crippen molar-refractivity contribution in [1.29, 1.82) is 0 Å². The van der Waals surface area contributed by atoms with Gasteiger partial charge in [0.2, 0.25) is 0 Å². The predicted octanol–water partition coefficient (Wildman–Crippen LogP) is 4.20. The third-order valence-corrected chi connectivity index (χ3v) is 5.27. The van der Waals surface area contributed by atoms with Crippen LogP contribution in [0.2, 0.25) is 0 Å². The Morgan fingerprint density at radius 2 is 2.19 bits per heavy atom. The molecule has 0 N–H and O–H groups in total. The van der Waals surface area contributed by atoms with Crippen LogP contribution in [-0.4, -0.2) is 14.9 Å². The maximum absolute atomic E-state index is 11.0. The van der Waals surface area contributed by atoms with E-state index in [9.17, 15) is 10.1 Å². The number of hydrogen-bond acceptors (Lipinski definition) is 6. The summed E-state index contributed by atoms with van der Waals surface area (Å²) in [5.74, 6) is 0.650. The molecule has 1 aromatic carbocycles. The zero-order valence-electron chi connectivity index (χ0n) is 11.1. The van der Waals surface area contributed by atoms with E-state index in [2.05, 4.69) is 9.97 Å². The minimum atomic E-state index is -0.342. The first-order chi connectivity index (χ1) is 10.2. The fourth-order valence-electron chi connectivity index (χ4n) is 2.04. The molecule has 5 nitrogen and oxygen atoms in total. The lowest BCUT2D eigenvalue weighted by atomic mass is 10.1. The number of nitrogens with zero attached hydrogens (tertiary/aromatic N) is 3. The molecular formula is C14H11N3O2S2. The highest BCUT2D eigenvalue weighted by Gasteiger charge is 2.14. The van der Waals surface area contributed by atoms with Gasteiger partial charge in [0.15, 0.2) is 0 Å². The van der Waals surface area contributed by atoms with Crippen LogP contribution < -0.4 is 0 Å². The zero-order chi connectivity index (χ0) is 14.8. The fourth-order valence-corrected chi connectivity index (χ4v) is 4.05. The van der Waals surface area contributed by atoms with Crippen molar-refractivity contribution < 1.29 is 4.92 Å². The van der Waals surface area contributed by atoms with Gasteiger partial charge in [-0.15, -0.1) is 23.1 Å². The minimum Gasteiger partial charge on any atom is -0.258 e. The molecule has 0 saturated heterocycles. The topological polar surface area (TPSA) is 68.9 Å². The van der Waals surface area contributed by atoms with Crippen LogP contribution in [0.3, 0.4) is 0 Å². The van der Waals surface area contributed by atoms with Gasteiger partial charge < -0.3 is 0 Å². The van der Waals surface area contributed by atoms with Crippen molar-refractivity contribution in [2.75, 3.05) is 0 Å². The first kappa shape index (κ1) is 14.0. The molecule has 21 heavy (non-hydrogen) atoms. The number of thiophene rings is 1. The SMILES string of the molecule is Cc1c(CSc2ncnc3ccsc23)cccc1[N+](=O)[O-]. The number of hydrogen-bond donors (Lipinski definition) is 0. The van der Waals surface area contributed by atoms with Crippen molar-refractivity contribution >= 4 is 39.0 Å². The van der Waals surface area contributed by atoms with Crippen LogP contribution in [0.4, 0.5) is 5.69 Å². The van der Waals surface area contributed by atoms with Crippen LogP contribution in [0.15, 0.2) is 41.0 Å². The summed E-state index contributed by atoms with van der Waals surface area (Å²) < 4.78 is 1.06. The van der Waals surface area contributed by atoms with E-state index < -0.39 is 0 Å². The molecule has 0 aliphatic heterocycles. The summed E-state index contributed by atoms with van der Waals surface area (Å²) in [6.45, 7) is 1.79. The first-order valence-corrected chi connectivity index (χ1v) is 8.07. The first-order valence-electron chi connectivity index (χ1n) is 6.20. The number of nitro benzene ring substituents is 1. The number of nitro groups is 1. The van der Waals surface area contributed by atoms with Crippen molar-refractivity contribution in [3.8, 4) is 0 Å². The highest BCUT2D eigenvalue weighted by Crippen LogP contribution is 2.32. The summed E-state index contributed by atoms with van der Waals surface area (Å²) in [6, 6.07) is 7.14. The molecule has 2 heterocycles. The molecule has 3 aromatic rings. The predicted molar refractivity (Wildman–Crippen MR) is 84.8 cm³/mol. The van der Waals surface area contributed by atoms with Crippen LogP contribution in [0.1, 0.15) is 11.1 Å². The fraction of sp³-hybridized carbons (Fsp3) is 0.143. The number of thioether (sulfide) groups is 1. The molecular weight excluding hydrogens is 306 g/mol. The Bertz CT molecular complexity index is 817. The average molecular weight is 317 g/mol. The quantitative estimate of drug-likeness (QED) is 0.312. The molecule has 0 aliphatic carbocycles. The Morgan fingerprint density at radius 1 is 1.33 bits per heavy atom. The molecule has 106 valence electrons. The number of aromatic nitrogens is 2.